The van der Waals surface area contributed by atoms with Crippen LogP contribution < -0.4 is 21.2 Å². The summed E-state index contributed by atoms with van der Waals surface area (Å²) >= 11 is 3.32. The topological polar surface area (TPSA) is 97.6 Å². The van der Waals surface area contributed by atoms with Gasteiger partial charge < -0.3 is 9.15 Å². The number of hydrogen-bond donors (Lipinski definition) is 2. The number of rotatable bonds is 5. The fraction of sp³-hybridized carbons (Fsp3) is 0.190. The minimum absolute atomic E-state index is 0.221. The van der Waals surface area contributed by atoms with E-state index in [4.69, 9.17) is 9.15 Å². The molecular formula is C21H19BrN2O5. The second-order valence-electron chi connectivity index (χ2n) is 6.64. The van der Waals surface area contributed by atoms with Crippen LogP contribution in [0.25, 0.3) is 11.0 Å². The van der Waals surface area contributed by atoms with Crippen LogP contribution in [0.2, 0.25) is 0 Å². The van der Waals surface area contributed by atoms with Gasteiger partial charge in [0.25, 0.3) is 11.8 Å². The highest BCUT2D eigenvalue weighted by molar-refractivity contribution is 9.10. The van der Waals surface area contributed by atoms with Crippen LogP contribution in [-0.2, 0) is 4.79 Å². The molecule has 2 N–H and O–H groups in total. The zero-order valence-corrected chi connectivity index (χ0v) is 17.4. The van der Waals surface area contributed by atoms with Crippen molar-refractivity contribution in [2.75, 3.05) is 6.61 Å². The molecule has 150 valence electrons. The van der Waals surface area contributed by atoms with E-state index in [-0.39, 0.29) is 12.2 Å². The first-order valence-electron chi connectivity index (χ1n) is 8.89. The first kappa shape index (κ1) is 20.6. The Balaban J connectivity index is 1.57. The van der Waals surface area contributed by atoms with Crippen molar-refractivity contribution in [3.8, 4) is 5.75 Å². The van der Waals surface area contributed by atoms with Gasteiger partial charge in [-0.15, -0.1) is 0 Å². The largest absolute Gasteiger partial charge is 0.484 e. The zero-order chi connectivity index (χ0) is 21.0. The first-order chi connectivity index (χ1) is 13.8. The molecule has 0 fully saturated rings. The van der Waals surface area contributed by atoms with E-state index in [0.29, 0.717) is 22.6 Å². The van der Waals surface area contributed by atoms with Crippen LogP contribution in [0.15, 0.2) is 62.2 Å². The Morgan fingerprint density at radius 2 is 1.79 bits per heavy atom. The number of carbonyl (C=O) groups is 2. The third kappa shape index (κ3) is 5.23. The summed E-state index contributed by atoms with van der Waals surface area (Å²) in [5, 5.41) is 0.573. The van der Waals surface area contributed by atoms with Gasteiger partial charge in [-0.3, -0.25) is 20.4 Å². The lowest BCUT2D eigenvalue weighted by Gasteiger charge is -2.10. The molecule has 3 aromatic rings. The number of nitrogens with one attached hydrogen (secondary N) is 2. The van der Waals surface area contributed by atoms with E-state index >= 15 is 0 Å². The molecule has 3 rings (SSSR count). The molecule has 2 aromatic carbocycles. The maximum Gasteiger partial charge on any atom is 0.349 e. The first-order valence-corrected chi connectivity index (χ1v) is 9.68. The summed E-state index contributed by atoms with van der Waals surface area (Å²) in [6.07, 6.45) is 0. The number of hydrazine groups is 1. The van der Waals surface area contributed by atoms with Gasteiger partial charge in [0.15, 0.2) is 6.61 Å². The molecule has 1 aromatic heterocycles. The molecule has 2 amide bonds. The van der Waals surface area contributed by atoms with Gasteiger partial charge in [0.05, 0.1) is 0 Å². The van der Waals surface area contributed by atoms with Gasteiger partial charge in [0.2, 0.25) is 0 Å². The van der Waals surface area contributed by atoms with Crippen LogP contribution in [0.4, 0.5) is 0 Å². The van der Waals surface area contributed by atoms with E-state index in [2.05, 4.69) is 40.6 Å². The normalized spacial score (nSPS) is 10.8. The van der Waals surface area contributed by atoms with Crippen molar-refractivity contribution in [3.05, 3.63) is 74.6 Å². The van der Waals surface area contributed by atoms with Gasteiger partial charge in [-0.05, 0) is 47.9 Å². The maximum absolute atomic E-state index is 12.2. The number of carbonyl (C=O) groups excluding carboxylic acids is 2. The van der Waals surface area contributed by atoms with Crippen molar-refractivity contribution < 1.29 is 18.7 Å². The Kier molecular flexibility index (Phi) is 6.33. The highest BCUT2D eigenvalue weighted by Gasteiger charge is 2.15. The molecule has 0 saturated heterocycles. The van der Waals surface area contributed by atoms with Crippen LogP contribution in [0.3, 0.4) is 0 Å². The molecule has 0 saturated carbocycles. The molecule has 0 aliphatic rings. The van der Waals surface area contributed by atoms with E-state index in [1.807, 2.05) is 12.1 Å². The molecular weight excluding hydrogens is 440 g/mol. The van der Waals surface area contributed by atoms with Crippen LogP contribution in [0.5, 0.6) is 5.75 Å². The Hall–Kier alpha value is -3.13. The summed E-state index contributed by atoms with van der Waals surface area (Å²) in [6, 6.07) is 13.9. The average molecular weight is 459 g/mol. The second-order valence-corrected chi connectivity index (χ2v) is 7.56. The summed E-state index contributed by atoms with van der Waals surface area (Å²) in [6.45, 7) is 3.88. The summed E-state index contributed by atoms with van der Waals surface area (Å²) in [5.74, 6) is -0.414. The third-order valence-electron chi connectivity index (χ3n) is 4.17. The molecule has 8 heteroatoms. The molecule has 7 nitrogen and oxygen atoms in total. The fourth-order valence-corrected chi connectivity index (χ4v) is 2.96. The summed E-state index contributed by atoms with van der Waals surface area (Å²) < 4.78 is 11.3. The predicted molar refractivity (Wildman–Crippen MR) is 112 cm³/mol. The fourth-order valence-electron chi connectivity index (χ4n) is 2.58. The van der Waals surface area contributed by atoms with Gasteiger partial charge in [-0.25, -0.2) is 4.79 Å². The smallest absolute Gasteiger partial charge is 0.349 e. The van der Waals surface area contributed by atoms with E-state index < -0.39 is 17.4 Å². The SMILES string of the molecule is CC(C)c1ccc(OCC(=O)NNC(=O)c2cc3cc(Br)ccc3oc2=O)cc1. The lowest BCUT2D eigenvalue weighted by atomic mass is 10.0. The quantitative estimate of drug-likeness (QED) is 0.450. The third-order valence-corrected chi connectivity index (χ3v) is 4.66. The lowest BCUT2D eigenvalue weighted by Crippen LogP contribution is -2.45. The Morgan fingerprint density at radius 3 is 2.48 bits per heavy atom. The molecule has 0 unspecified atom stereocenters. The maximum atomic E-state index is 12.2. The standard InChI is InChI=1S/C21H19BrN2O5/c1-12(2)13-3-6-16(7-4-13)28-11-19(25)23-24-20(26)17-10-14-9-15(22)5-8-18(14)29-21(17)27/h3-10,12H,11H2,1-2H3,(H,23,25)(H,24,26). The van der Waals surface area contributed by atoms with Gasteiger partial charge >= 0.3 is 5.63 Å². The van der Waals surface area contributed by atoms with Crippen LogP contribution in [0, 0.1) is 0 Å². The van der Waals surface area contributed by atoms with E-state index in [0.717, 1.165) is 10.0 Å². The second kappa shape index (κ2) is 8.91. The Labute approximate surface area is 175 Å². The minimum Gasteiger partial charge on any atom is -0.484 e. The molecule has 1 heterocycles. The van der Waals surface area contributed by atoms with E-state index in [1.165, 1.54) is 6.07 Å². The zero-order valence-electron chi connectivity index (χ0n) is 15.8. The highest BCUT2D eigenvalue weighted by atomic mass is 79.9. The number of amides is 2. The number of benzene rings is 2. The predicted octanol–water partition coefficient (Wildman–Crippen LogP) is 3.52. The van der Waals surface area contributed by atoms with Crippen molar-refractivity contribution in [2.45, 2.75) is 19.8 Å². The average Bonchev–Trinajstić information content (AvgIpc) is 2.70. The highest BCUT2D eigenvalue weighted by Crippen LogP contribution is 2.20. The summed E-state index contributed by atoms with van der Waals surface area (Å²) in [4.78, 5) is 36.2. The van der Waals surface area contributed by atoms with Gasteiger partial charge in [-0.1, -0.05) is 41.9 Å². The Morgan fingerprint density at radius 1 is 1.07 bits per heavy atom. The van der Waals surface area contributed by atoms with Crippen molar-refractivity contribution in [1.82, 2.24) is 10.9 Å². The van der Waals surface area contributed by atoms with Crippen LogP contribution >= 0.6 is 15.9 Å². The van der Waals surface area contributed by atoms with Crippen molar-refractivity contribution in [2.24, 2.45) is 0 Å². The minimum atomic E-state index is -0.798. The number of ether oxygens (including phenoxy) is 1. The van der Waals surface area contributed by atoms with Crippen molar-refractivity contribution in [3.63, 3.8) is 0 Å². The summed E-state index contributed by atoms with van der Waals surface area (Å²) in [5.41, 5.74) is 4.90. The molecule has 29 heavy (non-hydrogen) atoms. The molecule has 0 radical (unpaired) electrons. The van der Waals surface area contributed by atoms with Crippen molar-refractivity contribution >= 4 is 38.7 Å². The monoisotopic (exact) mass is 458 g/mol. The molecule has 0 aliphatic carbocycles. The molecule has 0 aliphatic heterocycles. The molecule has 0 atom stereocenters. The molecule has 0 bridgehead atoms. The van der Waals surface area contributed by atoms with E-state index in [9.17, 15) is 14.4 Å². The molecule has 0 spiro atoms. The number of fused-ring (bicyclic) bond motifs is 1. The number of hydrogen-bond acceptors (Lipinski definition) is 5. The lowest BCUT2D eigenvalue weighted by molar-refractivity contribution is -0.123. The van der Waals surface area contributed by atoms with Crippen molar-refractivity contribution in [1.29, 1.82) is 0 Å². The van der Waals surface area contributed by atoms with Crippen LogP contribution in [-0.4, -0.2) is 18.4 Å². The number of halogens is 1. The van der Waals surface area contributed by atoms with Gasteiger partial charge in [-0.2, -0.15) is 0 Å². The Bertz CT molecular complexity index is 1110. The van der Waals surface area contributed by atoms with E-state index in [1.54, 1.807) is 30.3 Å². The van der Waals surface area contributed by atoms with Gasteiger partial charge in [0, 0.05) is 9.86 Å². The summed E-state index contributed by atoms with van der Waals surface area (Å²) in [7, 11) is 0. The van der Waals surface area contributed by atoms with Gasteiger partial charge in [0.1, 0.15) is 16.9 Å². The van der Waals surface area contributed by atoms with Crippen LogP contribution in [0.1, 0.15) is 35.7 Å².